The molecule has 0 N–H and O–H groups in total. The lowest BCUT2D eigenvalue weighted by atomic mass is 10.1. The Hall–Kier alpha value is -3.28. The first-order chi connectivity index (χ1) is 14.1. The van der Waals surface area contributed by atoms with E-state index in [1.165, 1.54) is 18.5 Å². The van der Waals surface area contributed by atoms with Gasteiger partial charge < -0.3 is 9.80 Å². The molecular formula is C23H23FN4O. The molecule has 0 saturated carbocycles. The van der Waals surface area contributed by atoms with Crippen LogP contribution in [0.1, 0.15) is 11.1 Å². The van der Waals surface area contributed by atoms with Crippen LogP contribution in [0.2, 0.25) is 0 Å². The molecule has 0 atom stereocenters. The summed E-state index contributed by atoms with van der Waals surface area (Å²) in [6.45, 7) is 4.81. The Morgan fingerprint density at radius 1 is 1.00 bits per heavy atom. The maximum atomic E-state index is 13.2. The first-order valence-electron chi connectivity index (χ1n) is 9.75. The van der Waals surface area contributed by atoms with Gasteiger partial charge in [-0.15, -0.1) is 0 Å². The number of carbonyl (C=O) groups is 1. The van der Waals surface area contributed by atoms with E-state index >= 15 is 0 Å². The lowest BCUT2D eigenvalue weighted by molar-refractivity contribution is -0.130. The lowest BCUT2D eigenvalue weighted by Gasteiger charge is -2.35. The molecule has 148 valence electrons. The number of amides is 1. The standard InChI is InChI=1S/C23H23FN4O/c1-17-4-2-3-5-19(17)14-23(29)28-12-10-27(11-13-28)22-15-21(25-16-26-22)18-6-8-20(24)9-7-18/h2-9,15-16H,10-14H2,1H3. The maximum absolute atomic E-state index is 13.2. The summed E-state index contributed by atoms with van der Waals surface area (Å²) in [7, 11) is 0. The molecule has 0 bridgehead atoms. The highest BCUT2D eigenvalue weighted by atomic mass is 19.1. The smallest absolute Gasteiger partial charge is 0.227 e. The summed E-state index contributed by atoms with van der Waals surface area (Å²) in [5, 5.41) is 0. The third-order valence-electron chi connectivity index (χ3n) is 5.35. The van der Waals surface area contributed by atoms with E-state index in [1.54, 1.807) is 12.1 Å². The lowest BCUT2D eigenvalue weighted by Crippen LogP contribution is -2.49. The van der Waals surface area contributed by atoms with Crippen molar-refractivity contribution in [3.63, 3.8) is 0 Å². The number of hydrogen-bond acceptors (Lipinski definition) is 4. The molecular weight excluding hydrogens is 367 g/mol. The number of aromatic nitrogens is 2. The molecule has 0 radical (unpaired) electrons. The fourth-order valence-electron chi connectivity index (χ4n) is 3.57. The second-order valence-electron chi connectivity index (χ2n) is 7.24. The molecule has 2 heterocycles. The van der Waals surface area contributed by atoms with Crippen molar-refractivity contribution in [1.82, 2.24) is 14.9 Å². The molecule has 0 unspecified atom stereocenters. The first-order valence-corrected chi connectivity index (χ1v) is 9.75. The van der Waals surface area contributed by atoms with E-state index in [-0.39, 0.29) is 11.7 Å². The molecule has 1 aliphatic rings. The summed E-state index contributed by atoms with van der Waals surface area (Å²) in [6.07, 6.45) is 1.97. The number of rotatable bonds is 4. The quantitative estimate of drug-likeness (QED) is 0.684. The SMILES string of the molecule is Cc1ccccc1CC(=O)N1CCN(c2cc(-c3ccc(F)cc3)ncn2)CC1. The number of benzene rings is 2. The Balaban J connectivity index is 1.39. The maximum Gasteiger partial charge on any atom is 0.227 e. The summed E-state index contributed by atoms with van der Waals surface area (Å²) in [6, 6.07) is 16.2. The molecule has 4 rings (SSSR count). The third-order valence-corrected chi connectivity index (χ3v) is 5.35. The van der Waals surface area contributed by atoms with Gasteiger partial charge >= 0.3 is 0 Å². The molecule has 1 saturated heterocycles. The second-order valence-corrected chi connectivity index (χ2v) is 7.24. The normalized spacial score (nSPS) is 14.1. The summed E-state index contributed by atoms with van der Waals surface area (Å²) in [4.78, 5) is 25.5. The fourth-order valence-corrected chi connectivity index (χ4v) is 3.57. The topological polar surface area (TPSA) is 49.3 Å². The minimum atomic E-state index is -0.269. The number of carbonyl (C=O) groups excluding carboxylic acids is 1. The van der Waals surface area contributed by atoms with Crippen LogP contribution in [0.5, 0.6) is 0 Å². The Labute approximate surface area is 169 Å². The molecule has 1 amide bonds. The van der Waals surface area contributed by atoms with Crippen molar-refractivity contribution in [2.24, 2.45) is 0 Å². The van der Waals surface area contributed by atoms with Gasteiger partial charge in [-0.1, -0.05) is 24.3 Å². The predicted octanol–water partition coefficient (Wildman–Crippen LogP) is 3.48. The van der Waals surface area contributed by atoms with Gasteiger partial charge in [-0.2, -0.15) is 0 Å². The van der Waals surface area contributed by atoms with Crippen molar-refractivity contribution in [3.05, 3.63) is 77.9 Å². The Morgan fingerprint density at radius 2 is 1.72 bits per heavy atom. The van der Waals surface area contributed by atoms with Gasteiger partial charge in [-0.3, -0.25) is 4.79 Å². The van der Waals surface area contributed by atoms with Gasteiger partial charge in [-0.25, -0.2) is 14.4 Å². The van der Waals surface area contributed by atoms with Crippen molar-refractivity contribution in [3.8, 4) is 11.3 Å². The Bertz CT molecular complexity index is 998. The van der Waals surface area contributed by atoms with Gasteiger partial charge in [0.2, 0.25) is 5.91 Å². The number of anilines is 1. The second kappa shape index (κ2) is 8.39. The van der Waals surface area contributed by atoms with Crippen LogP contribution in [-0.2, 0) is 11.2 Å². The number of nitrogens with zero attached hydrogens (tertiary/aromatic N) is 4. The van der Waals surface area contributed by atoms with E-state index < -0.39 is 0 Å². The summed E-state index contributed by atoms with van der Waals surface area (Å²) >= 11 is 0. The van der Waals surface area contributed by atoms with Crippen molar-refractivity contribution in [2.75, 3.05) is 31.1 Å². The van der Waals surface area contributed by atoms with Crippen molar-refractivity contribution >= 4 is 11.7 Å². The van der Waals surface area contributed by atoms with Crippen LogP contribution in [0, 0.1) is 12.7 Å². The van der Waals surface area contributed by atoms with Gasteiger partial charge in [0.25, 0.3) is 0 Å². The molecule has 1 aromatic heterocycles. The van der Waals surface area contributed by atoms with E-state index in [1.807, 2.05) is 42.2 Å². The highest BCUT2D eigenvalue weighted by Crippen LogP contribution is 2.22. The van der Waals surface area contributed by atoms with E-state index in [0.717, 1.165) is 41.3 Å². The molecule has 0 aliphatic carbocycles. The minimum Gasteiger partial charge on any atom is -0.353 e. The highest BCUT2D eigenvalue weighted by molar-refractivity contribution is 5.79. The van der Waals surface area contributed by atoms with Crippen molar-refractivity contribution in [2.45, 2.75) is 13.3 Å². The van der Waals surface area contributed by atoms with Crippen LogP contribution in [0.15, 0.2) is 60.9 Å². The predicted molar refractivity (Wildman–Crippen MR) is 111 cm³/mol. The van der Waals surface area contributed by atoms with Crippen LogP contribution >= 0.6 is 0 Å². The molecule has 2 aromatic carbocycles. The van der Waals surface area contributed by atoms with Crippen molar-refractivity contribution in [1.29, 1.82) is 0 Å². The zero-order valence-corrected chi connectivity index (χ0v) is 16.4. The molecule has 29 heavy (non-hydrogen) atoms. The molecule has 6 heteroatoms. The summed E-state index contributed by atoms with van der Waals surface area (Å²) in [5.41, 5.74) is 3.84. The monoisotopic (exact) mass is 390 g/mol. The fraction of sp³-hybridized carbons (Fsp3) is 0.261. The van der Waals surface area contributed by atoms with E-state index in [0.29, 0.717) is 19.5 Å². The molecule has 1 aliphatic heterocycles. The van der Waals surface area contributed by atoms with Crippen LogP contribution < -0.4 is 4.90 Å². The zero-order valence-electron chi connectivity index (χ0n) is 16.4. The Morgan fingerprint density at radius 3 is 2.45 bits per heavy atom. The van der Waals surface area contributed by atoms with Gasteiger partial charge in [0.15, 0.2) is 0 Å². The minimum absolute atomic E-state index is 0.161. The van der Waals surface area contributed by atoms with Crippen LogP contribution in [-0.4, -0.2) is 47.0 Å². The summed E-state index contributed by atoms with van der Waals surface area (Å²) in [5.74, 6) is 0.716. The summed E-state index contributed by atoms with van der Waals surface area (Å²) < 4.78 is 13.2. The van der Waals surface area contributed by atoms with Crippen LogP contribution in [0.25, 0.3) is 11.3 Å². The van der Waals surface area contributed by atoms with Crippen molar-refractivity contribution < 1.29 is 9.18 Å². The Kier molecular flexibility index (Phi) is 5.51. The van der Waals surface area contributed by atoms with E-state index in [2.05, 4.69) is 14.9 Å². The average molecular weight is 390 g/mol. The number of aryl methyl sites for hydroxylation is 1. The van der Waals surface area contributed by atoms with Crippen LogP contribution in [0.4, 0.5) is 10.2 Å². The first kappa shape index (κ1) is 19.1. The molecule has 5 nitrogen and oxygen atoms in total. The average Bonchev–Trinajstić information content (AvgIpc) is 2.76. The third kappa shape index (κ3) is 4.42. The van der Waals surface area contributed by atoms with Gasteiger partial charge in [0, 0.05) is 37.8 Å². The van der Waals surface area contributed by atoms with Gasteiger partial charge in [-0.05, 0) is 42.3 Å². The number of piperazine rings is 1. The zero-order chi connectivity index (χ0) is 20.2. The highest BCUT2D eigenvalue weighted by Gasteiger charge is 2.22. The van der Waals surface area contributed by atoms with Gasteiger partial charge in [0.1, 0.15) is 18.0 Å². The number of hydrogen-bond donors (Lipinski definition) is 0. The largest absolute Gasteiger partial charge is 0.353 e. The van der Waals surface area contributed by atoms with E-state index in [9.17, 15) is 9.18 Å². The molecule has 3 aromatic rings. The van der Waals surface area contributed by atoms with E-state index in [4.69, 9.17) is 0 Å². The van der Waals surface area contributed by atoms with Gasteiger partial charge in [0.05, 0.1) is 12.1 Å². The molecule has 0 spiro atoms. The number of halogens is 1. The molecule has 1 fully saturated rings. The van der Waals surface area contributed by atoms with Crippen LogP contribution in [0.3, 0.4) is 0 Å².